The lowest BCUT2D eigenvalue weighted by Crippen LogP contribution is -2.13. The van der Waals surface area contributed by atoms with Crippen LogP contribution in [0, 0.1) is 0 Å². The van der Waals surface area contributed by atoms with Crippen LogP contribution in [0.2, 0.25) is 15.3 Å². The van der Waals surface area contributed by atoms with Gasteiger partial charge < -0.3 is 5.32 Å². The lowest BCUT2D eigenvalue weighted by Gasteiger charge is -2.08. The highest BCUT2D eigenvalue weighted by atomic mass is 79.9. The number of anilines is 1. The Bertz CT molecular complexity index is 651. The molecule has 2 aromatic rings. The summed E-state index contributed by atoms with van der Waals surface area (Å²) in [6.45, 7) is 0. The fraction of sp³-hybridized carbons (Fsp3) is 0. The molecule has 0 radical (unpaired) electrons. The van der Waals surface area contributed by atoms with Crippen molar-refractivity contribution in [3.8, 4) is 0 Å². The zero-order valence-corrected chi connectivity index (χ0v) is 13.0. The number of carbonyl (C=O) groups is 1. The molecule has 0 saturated heterocycles. The predicted molar refractivity (Wildman–Crippen MR) is 79.2 cm³/mol. The zero-order valence-electron chi connectivity index (χ0n) is 9.12. The molecule has 0 bridgehead atoms. The Morgan fingerprint density at radius 2 is 1.89 bits per heavy atom. The van der Waals surface area contributed by atoms with Crippen molar-refractivity contribution < 1.29 is 4.79 Å². The van der Waals surface area contributed by atoms with Gasteiger partial charge in [0.15, 0.2) is 10.3 Å². The molecule has 1 aromatic heterocycles. The van der Waals surface area contributed by atoms with E-state index in [9.17, 15) is 4.79 Å². The van der Waals surface area contributed by atoms with E-state index in [1.807, 2.05) is 0 Å². The number of halogens is 4. The minimum Gasteiger partial charge on any atom is -0.321 e. The Morgan fingerprint density at radius 3 is 2.58 bits per heavy atom. The lowest BCUT2D eigenvalue weighted by atomic mass is 10.2. The van der Waals surface area contributed by atoms with Crippen molar-refractivity contribution in [1.29, 1.82) is 0 Å². The fourth-order valence-corrected chi connectivity index (χ4v) is 2.34. The van der Waals surface area contributed by atoms with Crippen molar-refractivity contribution >= 4 is 62.3 Å². The molecule has 0 spiro atoms. The van der Waals surface area contributed by atoms with Gasteiger partial charge in [-0.1, -0.05) is 50.7 Å². The van der Waals surface area contributed by atoms with Gasteiger partial charge in [0.1, 0.15) is 0 Å². The Labute approximate surface area is 132 Å². The summed E-state index contributed by atoms with van der Waals surface area (Å²) in [5, 5.41) is 10.2. The molecule has 19 heavy (non-hydrogen) atoms. The number of hydrogen-bond donors (Lipinski definition) is 1. The molecule has 1 amide bonds. The van der Waals surface area contributed by atoms with Crippen molar-refractivity contribution in [3.63, 3.8) is 0 Å². The first-order valence-corrected chi connectivity index (χ1v) is 6.85. The van der Waals surface area contributed by atoms with Gasteiger partial charge >= 0.3 is 0 Å². The maximum Gasteiger partial charge on any atom is 0.259 e. The molecule has 0 aliphatic heterocycles. The van der Waals surface area contributed by atoms with Crippen LogP contribution in [0.3, 0.4) is 0 Å². The molecule has 1 heterocycles. The van der Waals surface area contributed by atoms with E-state index in [0.717, 1.165) is 4.47 Å². The van der Waals surface area contributed by atoms with E-state index in [2.05, 4.69) is 31.4 Å². The first-order valence-electron chi connectivity index (χ1n) is 4.92. The SMILES string of the molecule is O=C(Nc1ccc(Br)cc1Cl)c1cc(Cl)nnc1Cl. The fourth-order valence-electron chi connectivity index (χ4n) is 1.29. The zero-order chi connectivity index (χ0) is 14.0. The molecule has 0 fully saturated rings. The van der Waals surface area contributed by atoms with Gasteiger partial charge in [0, 0.05) is 4.47 Å². The maximum atomic E-state index is 12.0. The van der Waals surface area contributed by atoms with Crippen LogP contribution < -0.4 is 5.32 Å². The Hall–Kier alpha value is -0.880. The molecular formula is C11H5BrCl3N3O. The highest BCUT2D eigenvalue weighted by molar-refractivity contribution is 9.10. The van der Waals surface area contributed by atoms with Gasteiger partial charge in [0.25, 0.3) is 5.91 Å². The van der Waals surface area contributed by atoms with Gasteiger partial charge in [-0.2, -0.15) is 0 Å². The molecule has 4 nitrogen and oxygen atoms in total. The van der Waals surface area contributed by atoms with Crippen molar-refractivity contribution in [3.05, 3.63) is 49.6 Å². The molecular weight excluding hydrogens is 376 g/mol. The van der Waals surface area contributed by atoms with Crippen LogP contribution in [-0.2, 0) is 0 Å². The van der Waals surface area contributed by atoms with Crippen LogP contribution in [0.4, 0.5) is 5.69 Å². The van der Waals surface area contributed by atoms with Crippen molar-refractivity contribution in [2.45, 2.75) is 0 Å². The van der Waals surface area contributed by atoms with Gasteiger partial charge in [-0.15, -0.1) is 10.2 Å². The first kappa shape index (κ1) is 14.5. The third kappa shape index (κ3) is 3.57. The monoisotopic (exact) mass is 379 g/mol. The number of nitrogens with one attached hydrogen (secondary N) is 1. The van der Waals surface area contributed by atoms with Gasteiger partial charge in [0.05, 0.1) is 16.3 Å². The Balaban J connectivity index is 2.28. The number of benzene rings is 1. The third-order valence-corrected chi connectivity index (χ3v) is 3.41. The van der Waals surface area contributed by atoms with Crippen LogP contribution in [0.25, 0.3) is 0 Å². The summed E-state index contributed by atoms with van der Waals surface area (Å²) in [5.74, 6) is -0.467. The maximum absolute atomic E-state index is 12.0. The van der Waals surface area contributed by atoms with Gasteiger partial charge in [-0.05, 0) is 24.3 Å². The van der Waals surface area contributed by atoms with Gasteiger partial charge in [-0.3, -0.25) is 4.79 Å². The van der Waals surface area contributed by atoms with Crippen LogP contribution in [0.1, 0.15) is 10.4 Å². The van der Waals surface area contributed by atoms with Gasteiger partial charge in [0.2, 0.25) is 0 Å². The number of amides is 1. The van der Waals surface area contributed by atoms with E-state index in [-0.39, 0.29) is 15.9 Å². The smallest absolute Gasteiger partial charge is 0.259 e. The Kier molecular flexibility index (Phi) is 4.62. The molecule has 8 heteroatoms. The summed E-state index contributed by atoms with van der Waals surface area (Å²) in [7, 11) is 0. The van der Waals surface area contributed by atoms with Gasteiger partial charge in [-0.25, -0.2) is 0 Å². The average molecular weight is 381 g/mol. The van der Waals surface area contributed by atoms with E-state index >= 15 is 0 Å². The first-order chi connectivity index (χ1) is 8.97. The summed E-state index contributed by atoms with van der Waals surface area (Å²) >= 11 is 20.7. The minimum atomic E-state index is -0.467. The van der Waals surface area contributed by atoms with E-state index in [4.69, 9.17) is 34.8 Å². The van der Waals surface area contributed by atoms with E-state index in [1.165, 1.54) is 6.07 Å². The van der Waals surface area contributed by atoms with Crippen LogP contribution in [-0.4, -0.2) is 16.1 Å². The molecule has 0 atom stereocenters. The normalized spacial score (nSPS) is 10.3. The quantitative estimate of drug-likeness (QED) is 0.836. The van der Waals surface area contributed by atoms with E-state index in [0.29, 0.717) is 10.7 Å². The van der Waals surface area contributed by atoms with Crippen LogP contribution >= 0.6 is 50.7 Å². The third-order valence-electron chi connectivity index (χ3n) is 2.14. The van der Waals surface area contributed by atoms with Crippen LogP contribution in [0.15, 0.2) is 28.7 Å². The molecule has 1 N–H and O–H groups in total. The lowest BCUT2D eigenvalue weighted by molar-refractivity contribution is 0.102. The number of hydrogen-bond acceptors (Lipinski definition) is 3. The Morgan fingerprint density at radius 1 is 1.16 bits per heavy atom. The summed E-state index contributed by atoms with van der Waals surface area (Å²) in [4.78, 5) is 12.0. The number of nitrogens with zero attached hydrogens (tertiary/aromatic N) is 2. The molecule has 0 aliphatic rings. The second-order valence-corrected chi connectivity index (χ2v) is 5.52. The highest BCUT2D eigenvalue weighted by Gasteiger charge is 2.14. The van der Waals surface area contributed by atoms with E-state index < -0.39 is 5.91 Å². The van der Waals surface area contributed by atoms with Crippen molar-refractivity contribution in [2.24, 2.45) is 0 Å². The number of carbonyl (C=O) groups excluding carboxylic acids is 1. The van der Waals surface area contributed by atoms with Crippen molar-refractivity contribution in [1.82, 2.24) is 10.2 Å². The second kappa shape index (κ2) is 6.05. The molecule has 0 unspecified atom stereocenters. The summed E-state index contributed by atoms with van der Waals surface area (Å²) in [5.41, 5.74) is 0.583. The molecule has 0 aliphatic carbocycles. The van der Waals surface area contributed by atoms with E-state index in [1.54, 1.807) is 18.2 Å². The molecule has 0 saturated carbocycles. The molecule has 98 valence electrons. The standard InChI is InChI=1S/C11H5BrCl3N3O/c12-5-1-2-8(7(13)3-5)16-11(19)6-4-9(14)17-18-10(6)15/h1-4H,(H,16,19). The number of aromatic nitrogens is 2. The topological polar surface area (TPSA) is 54.9 Å². The summed E-state index contributed by atoms with van der Waals surface area (Å²) in [6.07, 6.45) is 0. The predicted octanol–water partition coefficient (Wildman–Crippen LogP) is 4.45. The second-order valence-electron chi connectivity index (χ2n) is 3.45. The molecule has 2 rings (SSSR count). The largest absolute Gasteiger partial charge is 0.321 e. The summed E-state index contributed by atoms with van der Waals surface area (Å²) in [6, 6.07) is 6.41. The number of rotatable bonds is 2. The average Bonchev–Trinajstić information content (AvgIpc) is 2.35. The minimum absolute atomic E-state index is 0.0323. The highest BCUT2D eigenvalue weighted by Crippen LogP contribution is 2.26. The van der Waals surface area contributed by atoms with Crippen LogP contribution in [0.5, 0.6) is 0 Å². The molecule has 1 aromatic carbocycles. The summed E-state index contributed by atoms with van der Waals surface area (Å²) < 4.78 is 0.808. The van der Waals surface area contributed by atoms with Crippen molar-refractivity contribution in [2.75, 3.05) is 5.32 Å².